The van der Waals surface area contributed by atoms with Crippen molar-refractivity contribution in [3.8, 4) is 0 Å². The van der Waals surface area contributed by atoms with E-state index in [0.717, 1.165) is 0 Å². The fraction of sp³-hybridized carbons (Fsp3) is 0.750. The Balaban J connectivity index is 2.87. The highest BCUT2D eigenvalue weighted by atomic mass is 16.1. The molecule has 2 radical (unpaired) electrons. The molecule has 0 heterocycles. The van der Waals surface area contributed by atoms with Crippen molar-refractivity contribution in [2.24, 2.45) is 16.7 Å². The summed E-state index contributed by atoms with van der Waals surface area (Å²) >= 11 is 0. The molecule has 0 aromatic carbocycles. The number of hydrogen-bond donors (Lipinski definition) is 0. The Labute approximate surface area is 60.6 Å². The van der Waals surface area contributed by atoms with Gasteiger partial charge in [-0.05, 0) is 5.41 Å². The van der Waals surface area contributed by atoms with E-state index in [0.29, 0.717) is 0 Å². The maximum atomic E-state index is 10.4. The molecule has 0 aliphatic heterocycles. The van der Waals surface area contributed by atoms with Crippen molar-refractivity contribution in [1.82, 2.24) is 0 Å². The smallest absolute Gasteiger partial charge is 0.206 e. The van der Waals surface area contributed by atoms with Crippen LogP contribution in [0.5, 0.6) is 0 Å². The van der Waals surface area contributed by atoms with E-state index in [9.17, 15) is 9.59 Å². The predicted octanol–water partition coefficient (Wildman–Crippen LogP) is 0.868. The van der Waals surface area contributed by atoms with Gasteiger partial charge < -0.3 is 0 Å². The van der Waals surface area contributed by atoms with Crippen LogP contribution in [0.25, 0.3) is 0 Å². The van der Waals surface area contributed by atoms with Crippen molar-refractivity contribution in [1.29, 1.82) is 0 Å². The molecule has 2 heteroatoms. The van der Waals surface area contributed by atoms with E-state index in [1.165, 1.54) is 0 Å². The van der Waals surface area contributed by atoms with Crippen molar-refractivity contribution in [2.45, 2.75) is 20.8 Å². The molecule has 0 N–H and O–H groups in total. The monoisotopic (exact) mass is 138 g/mol. The first kappa shape index (κ1) is 7.45. The van der Waals surface area contributed by atoms with Crippen molar-refractivity contribution in [3.63, 3.8) is 0 Å². The summed E-state index contributed by atoms with van der Waals surface area (Å²) in [6.07, 6.45) is 3.75. The van der Waals surface area contributed by atoms with Gasteiger partial charge in [-0.25, -0.2) is 0 Å². The van der Waals surface area contributed by atoms with Crippen LogP contribution in [0.3, 0.4) is 0 Å². The summed E-state index contributed by atoms with van der Waals surface area (Å²) in [5.74, 6) is -0.252. The lowest BCUT2D eigenvalue weighted by atomic mass is 10.0. The van der Waals surface area contributed by atoms with Gasteiger partial charge in [-0.1, -0.05) is 20.8 Å². The average molecular weight is 138 g/mol. The van der Waals surface area contributed by atoms with Crippen LogP contribution in [-0.2, 0) is 9.59 Å². The van der Waals surface area contributed by atoms with E-state index in [4.69, 9.17) is 0 Å². The fourth-order valence-electron chi connectivity index (χ4n) is 1.44. The number of rotatable bonds is 2. The Bertz CT molecular complexity index is 184. The lowest BCUT2D eigenvalue weighted by Gasteiger charge is -2.01. The molecule has 10 heavy (non-hydrogen) atoms. The second kappa shape index (κ2) is 1.68. The van der Waals surface area contributed by atoms with Gasteiger partial charge in [-0.15, -0.1) is 0 Å². The van der Waals surface area contributed by atoms with Gasteiger partial charge in [0.2, 0.25) is 12.6 Å². The molecule has 1 rings (SSSR count). The van der Waals surface area contributed by atoms with Crippen LogP contribution >= 0.6 is 0 Å². The highest BCUT2D eigenvalue weighted by molar-refractivity contribution is 5.79. The van der Waals surface area contributed by atoms with E-state index in [1.54, 1.807) is 6.92 Å². The van der Waals surface area contributed by atoms with Gasteiger partial charge in [0, 0.05) is 5.92 Å². The summed E-state index contributed by atoms with van der Waals surface area (Å²) in [7, 11) is 0. The summed E-state index contributed by atoms with van der Waals surface area (Å²) in [5, 5.41) is 0. The van der Waals surface area contributed by atoms with Crippen molar-refractivity contribution in [3.05, 3.63) is 0 Å². The second-order valence-electron chi connectivity index (χ2n) is 3.58. The molecular formula is C8H10O2. The van der Waals surface area contributed by atoms with Gasteiger partial charge in [0.1, 0.15) is 0 Å². The molecule has 2 unspecified atom stereocenters. The summed E-state index contributed by atoms with van der Waals surface area (Å²) in [5.41, 5.74) is -0.800. The normalized spacial score (nSPS) is 42.5. The Hall–Kier alpha value is -0.660. The molecule has 1 aliphatic carbocycles. The molecule has 2 atom stereocenters. The predicted molar refractivity (Wildman–Crippen MR) is 36.8 cm³/mol. The molecular weight excluding hydrogens is 128 g/mol. The van der Waals surface area contributed by atoms with E-state index in [1.807, 2.05) is 26.4 Å². The molecule has 54 valence electrons. The minimum atomic E-state index is -0.575. The third kappa shape index (κ3) is 0.542. The SMILES string of the molecule is CC1(C)C([C]=O)C1(C)[C]=O. The van der Waals surface area contributed by atoms with E-state index in [2.05, 4.69) is 0 Å². The van der Waals surface area contributed by atoms with Crippen LogP contribution in [0.2, 0.25) is 0 Å². The number of hydrogen-bond acceptors (Lipinski definition) is 2. The Morgan fingerprint density at radius 3 is 1.80 bits per heavy atom. The van der Waals surface area contributed by atoms with Crippen molar-refractivity contribution in [2.75, 3.05) is 0 Å². The standard InChI is InChI=1S/C8H10O2/c1-7(2)6(4-9)8(7,3)5-10/h6H,1-3H3. The maximum Gasteiger partial charge on any atom is 0.206 e. The van der Waals surface area contributed by atoms with Crippen molar-refractivity contribution >= 4 is 12.6 Å². The molecule has 1 saturated carbocycles. The van der Waals surface area contributed by atoms with Crippen LogP contribution in [0.15, 0.2) is 0 Å². The topological polar surface area (TPSA) is 34.1 Å². The molecule has 1 aliphatic rings. The highest BCUT2D eigenvalue weighted by Crippen LogP contribution is 2.66. The molecule has 0 saturated heterocycles. The van der Waals surface area contributed by atoms with Gasteiger partial charge in [0.15, 0.2) is 0 Å². The van der Waals surface area contributed by atoms with E-state index < -0.39 is 5.41 Å². The lowest BCUT2D eigenvalue weighted by molar-refractivity contribution is 0.471. The van der Waals surface area contributed by atoms with Crippen LogP contribution in [0.1, 0.15) is 20.8 Å². The van der Waals surface area contributed by atoms with Crippen LogP contribution in [-0.4, -0.2) is 12.6 Å². The largest absolute Gasteiger partial charge is 0.291 e. The molecule has 1 fully saturated rings. The summed E-state index contributed by atoms with van der Waals surface area (Å²) in [6.45, 7) is 5.51. The lowest BCUT2D eigenvalue weighted by Crippen LogP contribution is -2.04. The Morgan fingerprint density at radius 1 is 1.20 bits per heavy atom. The molecule has 0 aromatic rings. The molecule has 0 spiro atoms. The van der Waals surface area contributed by atoms with Crippen molar-refractivity contribution < 1.29 is 9.59 Å². The first-order valence-corrected chi connectivity index (χ1v) is 3.27. The average Bonchev–Trinajstić information content (AvgIpc) is 2.29. The third-order valence-corrected chi connectivity index (χ3v) is 2.88. The molecule has 0 amide bonds. The zero-order chi connectivity index (χ0) is 7.99. The van der Waals surface area contributed by atoms with Crippen LogP contribution in [0.4, 0.5) is 0 Å². The highest BCUT2D eigenvalue weighted by Gasteiger charge is 2.69. The summed E-state index contributed by atoms with van der Waals surface area (Å²) in [6, 6.07) is 0. The Kier molecular flexibility index (Phi) is 1.25. The Morgan fingerprint density at radius 2 is 1.70 bits per heavy atom. The molecule has 2 nitrogen and oxygen atoms in total. The minimum Gasteiger partial charge on any atom is -0.291 e. The fourth-order valence-corrected chi connectivity index (χ4v) is 1.44. The van der Waals surface area contributed by atoms with Gasteiger partial charge in [0.05, 0.1) is 5.41 Å². The van der Waals surface area contributed by atoms with Crippen LogP contribution in [0, 0.1) is 16.7 Å². The van der Waals surface area contributed by atoms with Gasteiger partial charge >= 0.3 is 0 Å². The van der Waals surface area contributed by atoms with Gasteiger partial charge in [-0.2, -0.15) is 0 Å². The van der Waals surface area contributed by atoms with E-state index in [-0.39, 0.29) is 11.3 Å². The third-order valence-electron chi connectivity index (χ3n) is 2.88. The summed E-state index contributed by atoms with van der Waals surface area (Å²) < 4.78 is 0. The first-order valence-electron chi connectivity index (χ1n) is 3.27. The van der Waals surface area contributed by atoms with Crippen LogP contribution < -0.4 is 0 Å². The molecule has 0 bridgehead atoms. The van der Waals surface area contributed by atoms with Gasteiger partial charge in [0.25, 0.3) is 0 Å². The maximum absolute atomic E-state index is 10.4. The quantitative estimate of drug-likeness (QED) is 0.567. The summed E-state index contributed by atoms with van der Waals surface area (Å²) in [4.78, 5) is 20.6. The molecule has 0 aromatic heterocycles. The minimum absolute atomic E-state index is 0.226. The first-order chi connectivity index (χ1) is 4.50. The van der Waals surface area contributed by atoms with Gasteiger partial charge in [-0.3, -0.25) is 9.59 Å². The zero-order valence-electron chi connectivity index (χ0n) is 6.39. The second-order valence-corrected chi connectivity index (χ2v) is 3.58. The number of carbonyl (C=O) groups excluding carboxylic acids is 2. The van der Waals surface area contributed by atoms with E-state index >= 15 is 0 Å². The zero-order valence-corrected chi connectivity index (χ0v) is 6.39.